The number of hydrogen-bond acceptors (Lipinski definition) is 2. The summed E-state index contributed by atoms with van der Waals surface area (Å²) in [5, 5.41) is 3.55. The number of anilines is 2. The fraction of sp³-hybridized carbons (Fsp3) is 0.208. The van der Waals surface area contributed by atoms with Crippen LogP contribution in [0.4, 0.5) is 11.4 Å². The number of halogens is 1. The summed E-state index contributed by atoms with van der Waals surface area (Å²) in [7, 11) is 0. The van der Waals surface area contributed by atoms with Gasteiger partial charge >= 0.3 is 0 Å². The highest BCUT2D eigenvalue weighted by molar-refractivity contribution is 9.10. The maximum Gasteiger partial charge on any atom is 0.262 e. The molecule has 3 aromatic carbocycles. The summed E-state index contributed by atoms with van der Waals surface area (Å²) in [6, 6.07) is 24.0. The van der Waals surface area contributed by atoms with Crippen molar-refractivity contribution in [1.29, 1.82) is 0 Å². The third-order valence-electron chi connectivity index (χ3n) is 5.14. The van der Waals surface area contributed by atoms with Gasteiger partial charge in [-0.05, 0) is 41.3 Å². The second kappa shape index (κ2) is 7.10. The first-order chi connectivity index (χ1) is 13.4. The van der Waals surface area contributed by atoms with Gasteiger partial charge in [0.1, 0.15) is 6.17 Å². The second-order valence-electron chi connectivity index (χ2n) is 8.09. The maximum absolute atomic E-state index is 13.5. The van der Waals surface area contributed by atoms with E-state index in [4.69, 9.17) is 0 Å². The van der Waals surface area contributed by atoms with Crippen molar-refractivity contribution in [2.24, 2.45) is 0 Å². The largest absolute Gasteiger partial charge is 0.360 e. The summed E-state index contributed by atoms with van der Waals surface area (Å²) in [6.45, 7) is 6.57. The zero-order chi connectivity index (χ0) is 19.9. The van der Waals surface area contributed by atoms with Gasteiger partial charge in [-0.3, -0.25) is 9.69 Å². The summed E-state index contributed by atoms with van der Waals surface area (Å²) in [5.41, 5.74) is 4.75. The van der Waals surface area contributed by atoms with Gasteiger partial charge < -0.3 is 5.32 Å². The average molecular weight is 435 g/mol. The fourth-order valence-electron chi connectivity index (χ4n) is 3.56. The Hall–Kier alpha value is -2.59. The van der Waals surface area contributed by atoms with Gasteiger partial charge in [-0.1, -0.05) is 79.2 Å². The number of rotatable bonds is 2. The number of para-hydroxylation sites is 1. The highest BCUT2D eigenvalue weighted by Crippen LogP contribution is 2.39. The van der Waals surface area contributed by atoms with Crippen LogP contribution in [0.25, 0.3) is 0 Å². The first-order valence-electron chi connectivity index (χ1n) is 9.40. The van der Waals surface area contributed by atoms with Crippen molar-refractivity contribution in [1.82, 2.24) is 0 Å². The van der Waals surface area contributed by atoms with E-state index in [0.29, 0.717) is 5.56 Å². The summed E-state index contributed by atoms with van der Waals surface area (Å²) in [4.78, 5) is 15.3. The first kappa shape index (κ1) is 18.8. The van der Waals surface area contributed by atoms with Gasteiger partial charge in [0.2, 0.25) is 0 Å². The quantitative estimate of drug-likeness (QED) is 0.497. The van der Waals surface area contributed by atoms with Gasteiger partial charge in [-0.15, -0.1) is 0 Å². The van der Waals surface area contributed by atoms with E-state index >= 15 is 0 Å². The van der Waals surface area contributed by atoms with E-state index in [9.17, 15) is 4.79 Å². The first-order valence-corrected chi connectivity index (χ1v) is 10.2. The predicted octanol–water partition coefficient (Wildman–Crippen LogP) is 6.52. The molecule has 142 valence electrons. The van der Waals surface area contributed by atoms with Gasteiger partial charge in [0.25, 0.3) is 5.91 Å². The van der Waals surface area contributed by atoms with Crippen molar-refractivity contribution in [2.75, 3.05) is 10.2 Å². The Morgan fingerprint density at radius 1 is 0.893 bits per heavy atom. The minimum Gasteiger partial charge on any atom is -0.360 e. The van der Waals surface area contributed by atoms with Crippen LogP contribution in [0.1, 0.15) is 48.4 Å². The summed E-state index contributed by atoms with van der Waals surface area (Å²) < 4.78 is 0.969. The average Bonchev–Trinajstić information content (AvgIpc) is 2.68. The van der Waals surface area contributed by atoms with Crippen LogP contribution < -0.4 is 10.2 Å². The molecule has 3 aromatic rings. The van der Waals surface area contributed by atoms with Crippen LogP contribution in [0.3, 0.4) is 0 Å². The lowest BCUT2D eigenvalue weighted by atomic mass is 9.87. The maximum atomic E-state index is 13.5. The molecule has 4 heteroatoms. The lowest BCUT2D eigenvalue weighted by Crippen LogP contribution is -2.43. The van der Waals surface area contributed by atoms with Crippen molar-refractivity contribution < 1.29 is 4.79 Å². The third-order valence-corrected chi connectivity index (χ3v) is 5.86. The molecule has 1 heterocycles. The second-order valence-corrected chi connectivity index (χ2v) is 8.94. The van der Waals surface area contributed by atoms with Crippen molar-refractivity contribution in [2.45, 2.75) is 32.4 Å². The number of fused-ring (bicyclic) bond motifs is 1. The van der Waals surface area contributed by atoms with Crippen LogP contribution in [0.5, 0.6) is 0 Å². The fourth-order valence-corrected chi connectivity index (χ4v) is 4.06. The molecule has 3 nitrogen and oxygen atoms in total. The van der Waals surface area contributed by atoms with Gasteiger partial charge in [-0.25, -0.2) is 0 Å². The van der Waals surface area contributed by atoms with E-state index in [1.54, 1.807) is 0 Å². The predicted molar refractivity (Wildman–Crippen MR) is 119 cm³/mol. The molecule has 1 N–H and O–H groups in total. The number of carbonyl (C=O) groups excluding carboxylic acids is 1. The molecule has 0 saturated heterocycles. The molecule has 0 radical (unpaired) electrons. The lowest BCUT2D eigenvalue weighted by Gasteiger charge is -2.38. The van der Waals surface area contributed by atoms with E-state index in [0.717, 1.165) is 21.4 Å². The topological polar surface area (TPSA) is 32.3 Å². The van der Waals surface area contributed by atoms with Gasteiger partial charge in [-0.2, -0.15) is 0 Å². The Morgan fingerprint density at radius 3 is 2.21 bits per heavy atom. The number of hydrogen-bond donors (Lipinski definition) is 1. The molecule has 1 aliphatic rings. The Labute approximate surface area is 174 Å². The zero-order valence-electron chi connectivity index (χ0n) is 16.2. The molecule has 0 bridgehead atoms. The van der Waals surface area contributed by atoms with Crippen LogP contribution in [0, 0.1) is 0 Å². The minimum atomic E-state index is -0.293. The van der Waals surface area contributed by atoms with Crippen LogP contribution in [-0.2, 0) is 5.41 Å². The van der Waals surface area contributed by atoms with E-state index in [1.807, 2.05) is 65.6 Å². The molecular formula is C24H23BrN2O. The molecule has 1 amide bonds. The molecule has 1 unspecified atom stereocenters. The molecular weight excluding hydrogens is 412 g/mol. The standard InChI is InChI=1S/C24H23BrN2O/c1-24(2,3)16-12-14-17(15-13-16)27-22(18-8-4-6-10-20(18)25)26-21-11-7-5-9-19(21)23(27)28/h4-15,22,26H,1-3H3. The summed E-state index contributed by atoms with van der Waals surface area (Å²) in [5.74, 6) is -0.00129. The lowest BCUT2D eigenvalue weighted by molar-refractivity contribution is 0.0975. The van der Waals surface area contributed by atoms with Crippen molar-refractivity contribution >= 4 is 33.2 Å². The van der Waals surface area contributed by atoms with Gasteiger partial charge in [0.15, 0.2) is 0 Å². The molecule has 0 aliphatic carbocycles. The van der Waals surface area contributed by atoms with Crippen LogP contribution in [0.15, 0.2) is 77.3 Å². The molecule has 0 saturated carbocycles. The van der Waals surface area contributed by atoms with Gasteiger partial charge in [0.05, 0.1) is 5.56 Å². The Morgan fingerprint density at radius 2 is 1.54 bits per heavy atom. The molecule has 1 aliphatic heterocycles. The molecule has 4 rings (SSSR count). The van der Waals surface area contributed by atoms with Crippen molar-refractivity contribution in [3.8, 4) is 0 Å². The summed E-state index contributed by atoms with van der Waals surface area (Å²) in [6.07, 6.45) is -0.293. The van der Waals surface area contributed by atoms with Crippen molar-refractivity contribution in [3.63, 3.8) is 0 Å². The highest BCUT2D eigenvalue weighted by Gasteiger charge is 2.34. The van der Waals surface area contributed by atoms with Crippen molar-refractivity contribution in [3.05, 3.63) is 94.0 Å². The summed E-state index contributed by atoms with van der Waals surface area (Å²) >= 11 is 3.65. The van der Waals surface area contributed by atoms with Crippen LogP contribution in [-0.4, -0.2) is 5.91 Å². The number of nitrogens with zero attached hydrogens (tertiary/aromatic N) is 1. The van der Waals surface area contributed by atoms with E-state index in [-0.39, 0.29) is 17.5 Å². The Kier molecular flexibility index (Phi) is 4.76. The number of carbonyl (C=O) groups is 1. The van der Waals surface area contributed by atoms with E-state index < -0.39 is 0 Å². The number of benzene rings is 3. The number of amides is 1. The Bertz CT molecular complexity index is 1020. The minimum absolute atomic E-state index is 0.00129. The Balaban J connectivity index is 1.84. The molecule has 28 heavy (non-hydrogen) atoms. The van der Waals surface area contributed by atoms with Gasteiger partial charge in [0, 0.05) is 21.4 Å². The van der Waals surface area contributed by atoms with E-state index in [2.05, 4.69) is 54.2 Å². The zero-order valence-corrected chi connectivity index (χ0v) is 17.8. The van der Waals surface area contributed by atoms with E-state index in [1.165, 1.54) is 5.56 Å². The molecule has 0 aromatic heterocycles. The normalized spacial score (nSPS) is 16.5. The smallest absolute Gasteiger partial charge is 0.262 e. The third kappa shape index (κ3) is 3.33. The monoisotopic (exact) mass is 434 g/mol. The number of nitrogens with one attached hydrogen (secondary N) is 1. The SMILES string of the molecule is CC(C)(C)c1ccc(N2C(=O)c3ccccc3NC2c2ccccc2Br)cc1. The highest BCUT2D eigenvalue weighted by atomic mass is 79.9. The van der Waals surface area contributed by atoms with Crippen LogP contribution >= 0.6 is 15.9 Å². The molecule has 1 atom stereocenters. The molecule has 0 fully saturated rings. The molecule has 0 spiro atoms. The van der Waals surface area contributed by atoms with Crippen LogP contribution in [0.2, 0.25) is 0 Å².